The Morgan fingerprint density at radius 3 is 2.12 bits per heavy atom. The van der Waals surface area contributed by atoms with Gasteiger partial charge in [0.15, 0.2) is 5.60 Å². The Hall–Kier alpha value is -10.2. The molecule has 4 fully saturated rings. The number of anilines is 2. The number of nitrogens with two attached hydrogens (primary N) is 1. The average Bonchev–Trinajstić information content (AvgIpc) is 0.905. The number of nitrogens with one attached hydrogen (secondary N) is 5. The number of carbonyl (C=O) groups is 7. The fourth-order valence-corrected chi connectivity index (χ4v) is 16.0. The zero-order chi connectivity index (χ0) is 75.3. The maximum absolute atomic E-state index is 14.1. The minimum absolute atomic E-state index is 0.0182. The highest BCUT2D eigenvalue weighted by atomic mass is 32.2. The Kier molecular flexibility index (Phi) is 24.5. The number of aryl methyl sites for hydroxylation is 1. The number of nitrogens with zero attached hydrogens (tertiary/aromatic N) is 7. The molecule has 7 N–H and O–H groups in total. The molecule has 562 valence electrons. The lowest BCUT2D eigenvalue weighted by atomic mass is 9.87. The van der Waals surface area contributed by atoms with Gasteiger partial charge in [0.1, 0.15) is 24.0 Å². The molecule has 0 unspecified atom stereocenters. The van der Waals surface area contributed by atoms with Crippen molar-refractivity contribution in [2.75, 3.05) is 102 Å². The van der Waals surface area contributed by atoms with E-state index in [1.165, 1.54) is 33.3 Å². The number of aromatic nitrogens is 4. The number of urea groups is 1. The van der Waals surface area contributed by atoms with E-state index in [4.69, 9.17) is 39.4 Å². The molecule has 13 rings (SSSR count). The summed E-state index contributed by atoms with van der Waals surface area (Å²) in [5.74, 6) is 4.35. The molecule has 1 saturated carbocycles. The molecule has 28 heteroatoms. The van der Waals surface area contributed by atoms with Crippen molar-refractivity contribution in [1.82, 2.24) is 50.6 Å². The molecule has 2 atom stereocenters. The van der Waals surface area contributed by atoms with E-state index >= 15 is 0 Å². The van der Waals surface area contributed by atoms with Crippen LogP contribution in [0.2, 0.25) is 0 Å². The lowest BCUT2D eigenvalue weighted by Crippen LogP contribution is -2.55. The van der Waals surface area contributed by atoms with Crippen LogP contribution in [0.4, 0.5) is 16.4 Å². The number of likely N-dealkylation sites (tertiary alicyclic amines) is 1. The van der Waals surface area contributed by atoms with Crippen molar-refractivity contribution in [3.8, 4) is 28.7 Å². The van der Waals surface area contributed by atoms with Gasteiger partial charge in [0.05, 0.1) is 92.5 Å². The summed E-state index contributed by atoms with van der Waals surface area (Å²) in [6, 6.07) is 40.4. The molecule has 26 nitrogen and oxygen atoms in total. The topological polar surface area (TPSA) is 316 Å². The van der Waals surface area contributed by atoms with Gasteiger partial charge >= 0.3 is 6.03 Å². The zero-order valence-electron chi connectivity index (χ0n) is 60.5. The lowest BCUT2D eigenvalue weighted by molar-refractivity contribution is -0.138. The van der Waals surface area contributed by atoms with Crippen LogP contribution in [0.25, 0.3) is 32.9 Å². The fraction of sp³-hybridized carbons (Fsp3) is 0.375. The summed E-state index contributed by atoms with van der Waals surface area (Å²) in [4.78, 5) is 129. The van der Waals surface area contributed by atoms with E-state index in [1.807, 2.05) is 134 Å². The van der Waals surface area contributed by atoms with Crippen LogP contribution in [0.1, 0.15) is 81.5 Å². The molecule has 1 aliphatic carbocycles. The second-order valence-electron chi connectivity index (χ2n) is 27.5. The molecule has 0 spiro atoms. The minimum Gasteiger partial charge on any atom is -0.495 e. The molecular formula is C80H87N13O13S2. The number of amides is 8. The van der Waals surface area contributed by atoms with Gasteiger partial charge < -0.3 is 64.7 Å². The number of benzene rings is 5. The van der Waals surface area contributed by atoms with E-state index < -0.39 is 53.6 Å². The summed E-state index contributed by atoms with van der Waals surface area (Å²) in [6.45, 7) is 5.84. The number of carbonyl (C=O) groups excluding carboxylic acids is 7. The Morgan fingerprint density at radius 1 is 0.769 bits per heavy atom. The molecule has 108 heavy (non-hydrogen) atoms. The summed E-state index contributed by atoms with van der Waals surface area (Å²) >= 11 is 2.50. The van der Waals surface area contributed by atoms with Gasteiger partial charge in [-0.25, -0.2) is 14.8 Å². The van der Waals surface area contributed by atoms with E-state index in [-0.39, 0.29) is 88.8 Å². The van der Waals surface area contributed by atoms with Gasteiger partial charge in [-0.1, -0.05) is 108 Å². The van der Waals surface area contributed by atoms with E-state index in [0.717, 1.165) is 89.0 Å². The van der Waals surface area contributed by atoms with Crippen molar-refractivity contribution >= 4 is 98.4 Å². The second-order valence-corrected chi connectivity index (χ2v) is 29.7. The predicted octanol–water partition coefficient (Wildman–Crippen LogP) is 7.86. The van der Waals surface area contributed by atoms with E-state index in [9.17, 15) is 38.4 Å². The first-order valence-corrected chi connectivity index (χ1v) is 38.0. The van der Waals surface area contributed by atoms with Gasteiger partial charge in [-0.3, -0.25) is 48.7 Å². The van der Waals surface area contributed by atoms with Gasteiger partial charge in [0.25, 0.3) is 17.4 Å². The lowest BCUT2D eigenvalue weighted by Gasteiger charge is -2.45. The third kappa shape index (κ3) is 18.1. The molecular weight excluding hydrogens is 1420 g/mol. The third-order valence-electron chi connectivity index (χ3n) is 20.0. The summed E-state index contributed by atoms with van der Waals surface area (Å²) in [5, 5.41) is 12.9. The Morgan fingerprint density at radius 2 is 1.45 bits per heavy atom. The van der Waals surface area contributed by atoms with Crippen LogP contribution in [0, 0.1) is 11.8 Å². The number of hydrogen-bond acceptors (Lipinski definition) is 20. The maximum atomic E-state index is 14.1. The molecule has 8 aromatic rings. The largest absolute Gasteiger partial charge is 0.495 e. The van der Waals surface area contributed by atoms with Gasteiger partial charge in [-0.15, -0.1) is 0 Å². The number of methoxy groups -OCH3 is 1. The third-order valence-corrected chi connectivity index (χ3v) is 22.3. The standard InChI is InChI=1S/C80H87N13O13S2/c1-79(84-34-13-14-52-21-26-65(102-3)64(46-52)92-38-30-67(95)87-78(92)101)32-39-90(40-33-79)55-28-36-91(37-29-55)77-86-62-25-22-53(61-49-89(2)74(98)69-59(61)27-35-82-69)47-60(62)72(88-77)80(106-56-23-24-56,54-15-7-4-8-16-54)50-105-51-83-73(97)63(48-66(81)94)85-68(96)31-42-103-44-45-104-43-41-93-75(99)70(107-57-17-9-5-10-18-57)71(76(93)100)108-58-19-11-6-12-20-58/h4-12,15-22,25-27,35,46-47,49,55-56,63,82,84H,23-24,28-34,36-45,48,50-51H2,1-3H3,(H2,81,94)(H,83,97)(H,85,96)(H,87,95,101)/t63-,80-/m0/s1. The molecule has 4 aliphatic heterocycles. The minimum atomic E-state index is -1.41. The quantitative estimate of drug-likeness (QED) is 0.0101. The average molecular weight is 1500 g/mol. The fourth-order valence-electron chi connectivity index (χ4n) is 13.9. The number of ether oxygens (including phenoxy) is 5. The first-order chi connectivity index (χ1) is 52.4. The summed E-state index contributed by atoms with van der Waals surface area (Å²) < 4.78 is 32.4. The zero-order valence-corrected chi connectivity index (χ0v) is 62.1. The van der Waals surface area contributed by atoms with Crippen LogP contribution in [-0.4, -0.2) is 187 Å². The Labute approximate surface area is 633 Å². The first-order valence-electron chi connectivity index (χ1n) is 36.3. The highest BCUT2D eigenvalue weighted by molar-refractivity contribution is 8.08. The molecule has 3 saturated heterocycles. The molecule has 5 aromatic carbocycles. The van der Waals surface area contributed by atoms with Crippen LogP contribution in [-0.2, 0) is 60.4 Å². The molecule has 7 heterocycles. The van der Waals surface area contributed by atoms with Crippen molar-refractivity contribution in [3.63, 3.8) is 0 Å². The number of piperidine rings is 2. The van der Waals surface area contributed by atoms with Crippen LogP contribution < -0.4 is 47.1 Å². The van der Waals surface area contributed by atoms with Gasteiger partial charge in [-0.05, 0) is 117 Å². The number of fused-ring (bicyclic) bond motifs is 2. The van der Waals surface area contributed by atoms with Crippen molar-refractivity contribution in [1.29, 1.82) is 0 Å². The summed E-state index contributed by atoms with van der Waals surface area (Å²) in [7, 11) is 3.27. The van der Waals surface area contributed by atoms with E-state index in [0.29, 0.717) is 75.0 Å². The van der Waals surface area contributed by atoms with Crippen LogP contribution in [0.15, 0.2) is 170 Å². The van der Waals surface area contributed by atoms with Crippen molar-refractivity contribution in [2.24, 2.45) is 12.8 Å². The molecule has 8 amide bonds. The van der Waals surface area contributed by atoms with E-state index in [2.05, 4.69) is 54.8 Å². The maximum Gasteiger partial charge on any atom is 0.328 e. The predicted molar refractivity (Wildman–Crippen MR) is 411 cm³/mol. The number of aromatic amines is 1. The van der Waals surface area contributed by atoms with Crippen LogP contribution in [0.5, 0.6) is 5.75 Å². The van der Waals surface area contributed by atoms with Crippen molar-refractivity contribution in [2.45, 2.75) is 104 Å². The molecule has 5 aliphatic rings. The number of H-pyrrole nitrogens is 1. The summed E-state index contributed by atoms with van der Waals surface area (Å²) in [5.41, 5.74) is 9.26. The summed E-state index contributed by atoms with van der Waals surface area (Å²) in [6.07, 6.45) is 8.11. The number of primary amides is 1. The number of rotatable bonds is 32. The SMILES string of the molecule is COc1ccc(C#CCNC2(C)CCN(C3CCN(c4nc([C@@](COCNC(=O)[C@H](CC(N)=O)NC(=O)CCOCCOCCN5C(=O)C(Sc6ccccc6)=C(Sc6ccccc6)C5=O)(OC5CC5)c5ccccc5)c5cc(-c6cn(C)c(=O)c7[nH]ccc67)ccc5n4)CC3)CC2)cc1N1CCC(=O)NC1=O. The van der Waals surface area contributed by atoms with Crippen LogP contribution >= 0.6 is 23.5 Å². The normalized spacial score (nSPS) is 17.2. The number of pyridine rings is 1. The highest BCUT2D eigenvalue weighted by Crippen LogP contribution is 2.46. The highest BCUT2D eigenvalue weighted by Gasteiger charge is 2.46. The second kappa shape index (κ2) is 34.8. The van der Waals surface area contributed by atoms with Crippen LogP contribution in [0.3, 0.4) is 0 Å². The molecule has 3 aromatic heterocycles. The smallest absolute Gasteiger partial charge is 0.328 e. The van der Waals surface area contributed by atoms with Gasteiger partial charge in [0.2, 0.25) is 29.6 Å². The monoisotopic (exact) mass is 1500 g/mol. The molecule has 0 radical (unpaired) electrons. The van der Waals surface area contributed by atoms with Crippen molar-refractivity contribution < 1.29 is 57.2 Å². The van der Waals surface area contributed by atoms with Gasteiger partial charge in [0, 0.05) is 108 Å². The van der Waals surface area contributed by atoms with Crippen molar-refractivity contribution in [3.05, 3.63) is 183 Å². The Bertz CT molecular complexity index is 4740. The molecule has 0 bridgehead atoms. The number of hydrogen-bond donors (Lipinski definition) is 6. The number of thioether (sulfide) groups is 2. The van der Waals surface area contributed by atoms with E-state index in [1.54, 1.807) is 31.0 Å². The number of imide groups is 2. The Balaban J connectivity index is 0.647. The van der Waals surface area contributed by atoms with Gasteiger partial charge in [-0.2, -0.15) is 0 Å². The first kappa shape index (κ1) is 76.0.